The van der Waals surface area contributed by atoms with Gasteiger partial charge >= 0.3 is 0 Å². The molecule has 1 amide bonds. The van der Waals surface area contributed by atoms with Crippen LogP contribution in [-0.4, -0.2) is 15.7 Å². The van der Waals surface area contributed by atoms with Crippen molar-refractivity contribution in [2.24, 2.45) is 0 Å². The van der Waals surface area contributed by atoms with Crippen LogP contribution in [-0.2, 0) is 6.54 Å². The maximum Gasteiger partial charge on any atom is 0.276 e. The van der Waals surface area contributed by atoms with Gasteiger partial charge in [-0.05, 0) is 6.92 Å². The summed E-state index contributed by atoms with van der Waals surface area (Å²) in [6.07, 6.45) is 1.28. The van der Waals surface area contributed by atoms with Crippen LogP contribution in [0.2, 0.25) is 0 Å². The fourth-order valence-electron chi connectivity index (χ4n) is 1.69. The maximum atomic E-state index is 13.4. The quantitative estimate of drug-likeness (QED) is 0.848. The summed E-state index contributed by atoms with van der Waals surface area (Å²) in [5.74, 6) is -4.44. The van der Waals surface area contributed by atoms with Gasteiger partial charge in [0.05, 0.1) is 17.6 Å². The summed E-state index contributed by atoms with van der Waals surface area (Å²) >= 11 is 0. The zero-order chi connectivity index (χ0) is 14.9. The molecule has 0 fully saturated rings. The van der Waals surface area contributed by atoms with Gasteiger partial charge in [0.15, 0.2) is 11.6 Å². The second-order valence-corrected chi connectivity index (χ2v) is 3.96. The summed E-state index contributed by atoms with van der Waals surface area (Å²) in [5, 5.41) is 5.99. The summed E-state index contributed by atoms with van der Waals surface area (Å²) in [6, 6.07) is 0.914. The second-order valence-electron chi connectivity index (χ2n) is 3.96. The number of carbonyl (C=O) groups is 1. The number of aromatic nitrogens is 2. The van der Waals surface area contributed by atoms with Crippen LogP contribution < -0.4 is 11.1 Å². The lowest BCUT2D eigenvalue weighted by molar-refractivity contribution is 0.101. The Morgan fingerprint density at radius 1 is 1.30 bits per heavy atom. The van der Waals surface area contributed by atoms with Gasteiger partial charge in [-0.2, -0.15) is 5.10 Å². The molecule has 20 heavy (non-hydrogen) atoms. The molecule has 1 heterocycles. The molecule has 0 spiro atoms. The van der Waals surface area contributed by atoms with Crippen molar-refractivity contribution in [1.82, 2.24) is 9.78 Å². The molecular weight excluding hydrogens is 273 g/mol. The van der Waals surface area contributed by atoms with E-state index in [0.29, 0.717) is 18.7 Å². The van der Waals surface area contributed by atoms with Crippen LogP contribution in [0, 0.1) is 17.5 Å². The molecule has 0 unspecified atom stereocenters. The van der Waals surface area contributed by atoms with Gasteiger partial charge in [-0.3, -0.25) is 9.48 Å². The Bertz CT molecular complexity index is 669. The minimum Gasteiger partial charge on any atom is -0.396 e. The van der Waals surface area contributed by atoms with Gasteiger partial charge in [-0.25, -0.2) is 13.2 Å². The lowest BCUT2D eigenvalue weighted by atomic mass is 10.2. The van der Waals surface area contributed by atoms with E-state index in [4.69, 9.17) is 5.73 Å². The fraction of sp³-hybridized carbons (Fsp3) is 0.167. The molecule has 106 valence electrons. The summed E-state index contributed by atoms with van der Waals surface area (Å²) < 4.78 is 40.6. The van der Waals surface area contributed by atoms with Crippen molar-refractivity contribution in [2.75, 3.05) is 11.1 Å². The molecule has 8 heteroatoms. The number of aryl methyl sites for hydroxylation is 1. The van der Waals surface area contributed by atoms with Crippen LogP contribution in [0.15, 0.2) is 18.3 Å². The van der Waals surface area contributed by atoms with Crippen LogP contribution in [0.3, 0.4) is 0 Å². The summed E-state index contributed by atoms with van der Waals surface area (Å²) in [7, 11) is 0. The number of benzene rings is 1. The predicted octanol–water partition coefficient (Wildman–Crippen LogP) is 2.15. The van der Waals surface area contributed by atoms with E-state index in [1.807, 2.05) is 0 Å². The monoisotopic (exact) mass is 284 g/mol. The molecule has 2 aromatic rings. The minimum atomic E-state index is -1.33. The zero-order valence-electron chi connectivity index (χ0n) is 10.5. The Kier molecular flexibility index (Phi) is 3.64. The Morgan fingerprint density at radius 3 is 2.60 bits per heavy atom. The highest BCUT2D eigenvalue weighted by Gasteiger charge is 2.19. The normalized spacial score (nSPS) is 10.6. The maximum absolute atomic E-state index is 13.4. The van der Waals surface area contributed by atoms with Gasteiger partial charge < -0.3 is 11.1 Å². The third-order valence-corrected chi connectivity index (χ3v) is 2.64. The molecule has 0 saturated heterocycles. The number of nitrogens with zero attached hydrogens (tertiary/aromatic N) is 2. The van der Waals surface area contributed by atoms with Crippen molar-refractivity contribution in [1.29, 1.82) is 0 Å². The number of rotatable bonds is 3. The van der Waals surface area contributed by atoms with E-state index in [2.05, 4.69) is 10.4 Å². The van der Waals surface area contributed by atoms with E-state index in [-0.39, 0.29) is 11.4 Å². The van der Waals surface area contributed by atoms with Crippen molar-refractivity contribution >= 4 is 17.3 Å². The first-order valence-corrected chi connectivity index (χ1v) is 5.71. The highest BCUT2D eigenvalue weighted by Crippen LogP contribution is 2.20. The van der Waals surface area contributed by atoms with Gasteiger partial charge in [0.1, 0.15) is 11.5 Å². The van der Waals surface area contributed by atoms with Crippen LogP contribution in [0.4, 0.5) is 24.5 Å². The van der Waals surface area contributed by atoms with Gasteiger partial charge in [-0.1, -0.05) is 0 Å². The van der Waals surface area contributed by atoms with Crippen LogP contribution in [0.25, 0.3) is 0 Å². The molecule has 0 aliphatic heterocycles. The van der Waals surface area contributed by atoms with Crippen molar-refractivity contribution in [3.05, 3.63) is 41.5 Å². The minimum absolute atomic E-state index is 0.0247. The Labute approximate surface area is 112 Å². The topological polar surface area (TPSA) is 72.9 Å². The van der Waals surface area contributed by atoms with E-state index in [9.17, 15) is 18.0 Å². The number of nitrogen functional groups attached to an aromatic ring is 1. The molecule has 2 rings (SSSR count). The first kappa shape index (κ1) is 13.9. The molecule has 3 N–H and O–H groups in total. The molecule has 0 aliphatic carbocycles. The SMILES string of the molecule is CCn1ncc(N)c1C(=O)Nc1cc(F)c(F)cc1F. The molecule has 0 saturated carbocycles. The van der Waals surface area contributed by atoms with E-state index < -0.39 is 29.0 Å². The number of nitrogens with one attached hydrogen (secondary N) is 1. The Hall–Kier alpha value is -2.51. The fourth-order valence-corrected chi connectivity index (χ4v) is 1.69. The summed E-state index contributed by atoms with van der Waals surface area (Å²) in [4.78, 5) is 12.0. The molecule has 0 aliphatic rings. The number of carbonyl (C=O) groups excluding carboxylic acids is 1. The molecule has 1 aromatic carbocycles. The third kappa shape index (κ3) is 2.44. The molecule has 1 aromatic heterocycles. The molecular formula is C12H11F3N4O. The predicted molar refractivity (Wildman–Crippen MR) is 66.6 cm³/mol. The lowest BCUT2D eigenvalue weighted by Crippen LogP contribution is -2.19. The average molecular weight is 284 g/mol. The molecule has 0 atom stereocenters. The van der Waals surface area contributed by atoms with E-state index >= 15 is 0 Å². The lowest BCUT2D eigenvalue weighted by Gasteiger charge is -2.09. The molecule has 0 radical (unpaired) electrons. The number of amides is 1. The largest absolute Gasteiger partial charge is 0.396 e. The van der Waals surface area contributed by atoms with Gasteiger partial charge in [0.2, 0.25) is 0 Å². The smallest absolute Gasteiger partial charge is 0.276 e. The summed E-state index contributed by atoms with van der Waals surface area (Å²) in [5.41, 5.74) is 5.25. The highest BCUT2D eigenvalue weighted by atomic mass is 19.2. The van der Waals surface area contributed by atoms with Crippen LogP contribution in [0.1, 0.15) is 17.4 Å². The molecule has 5 nitrogen and oxygen atoms in total. The number of halogens is 3. The van der Waals surface area contributed by atoms with Gasteiger partial charge in [0.25, 0.3) is 5.91 Å². The van der Waals surface area contributed by atoms with Gasteiger partial charge in [0, 0.05) is 18.7 Å². The van der Waals surface area contributed by atoms with E-state index in [1.54, 1.807) is 6.92 Å². The number of hydrogen-bond donors (Lipinski definition) is 2. The van der Waals surface area contributed by atoms with Crippen molar-refractivity contribution in [2.45, 2.75) is 13.5 Å². The van der Waals surface area contributed by atoms with Crippen LogP contribution in [0.5, 0.6) is 0 Å². The van der Waals surface area contributed by atoms with Crippen molar-refractivity contribution in [3.8, 4) is 0 Å². The summed E-state index contributed by atoms with van der Waals surface area (Å²) in [6.45, 7) is 2.11. The number of anilines is 2. The molecule has 0 bridgehead atoms. The van der Waals surface area contributed by atoms with Crippen molar-refractivity contribution < 1.29 is 18.0 Å². The average Bonchev–Trinajstić information content (AvgIpc) is 2.77. The Balaban J connectivity index is 2.33. The van der Waals surface area contributed by atoms with Crippen molar-refractivity contribution in [3.63, 3.8) is 0 Å². The van der Waals surface area contributed by atoms with E-state index in [1.165, 1.54) is 10.9 Å². The Morgan fingerprint density at radius 2 is 1.95 bits per heavy atom. The first-order valence-electron chi connectivity index (χ1n) is 5.71. The van der Waals surface area contributed by atoms with E-state index in [0.717, 1.165) is 0 Å². The second kappa shape index (κ2) is 5.24. The van der Waals surface area contributed by atoms with Crippen LogP contribution >= 0.6 is 0 Å². The standard InChI is InChI=1S/C12H11F3N4O/c1-2-19-11(9(16)5-17-19)12(20)18-10-4-7(14)6(13)3-8(10)15/h3-5H,2,16H2,1H3,(H,18,20). The zero-order valence-corrected chi connectivity index (χ0v) is 10.5. The first-order chi connectivity index (χ1) is 9.43. The number of nitrogens with two attached hydrogens (primary N) is 1. The third-order valence-electron chi connectivity index (χ3n) is 2.64. The number of hydrogen-bond acceptors (Lipinski definition) is 3. The van der Waals surface area contributed by atoms with Gasteiger partial charge in [-0.15, -0.1) is 0 Å². The highest BCUT2D eigenvalue weighted by molar-refractivity contribution is 6.06.